The van der Waals surface area contributed by atoms with Gasteiger partial charge in [0.05, 0.1) is 12.3 Å². The minimum atomic E-state index is -0.732. The van der Waals surface area contributed by atoms with Gasteiger partial charge in [0.2, 0.25) is 0 Å². The number of hydrazone groups is 1. The van der Waals surface area contributed by atoms with E-state index in [1.807, 2.05) is 0 Å². The van der Waals surface area contributed by atoms with E-state index >= 15 is 0 Å². The normalized spacial score (nSPS) is 10.6. The average Bonchev–Trinajstić information content (AvgIpc) is 2.36. The van der Waals surface area contributed by atoms with E-state index in [-0.39, 0.29) is 12.7 Å². The van der Waals surface area contributed by atoms with Crippen LogP contribution < -0.4 is 15.9 Å². The number of carbonyl (C=O) groups excluding carboxylic acids is 2. The van der Waals surface area contributed by atoms with Crippen LogP contribution in [0.2, 0.25) is 0 Å². The third-order valence-electron chi connectivity index (χ3n) is 1.99. The molecule has 3 N–H and O–H groups in total. The first-order valence-electron chi connectivity index (χ1n) is 5.98. The molecule has 0 radical (unpaired) electrons. The number of primary amides is 1. The molecule has 20 heavy (non-hydrogen) atoms. The van der Waals surface area contributed by atoms with Gasteiger partial charge in [0.1, 0.15) is 5.75 Å². The van der Waals surface area contributed by atoms with E-state index in [2.05, 4.69) is 10.5 Å². The molecule has 1 rings (SSSR count). The highest BCUT2D eigenvalue weighted by Gasteiger charge is 2.06. The van der Waals surface area contributed by atoms with Crippen LogP contribution in [-0.2, 0) is 9.53 Å². The number of benzene rings is 1. The van der Waals surface area contributed by atoms with Gasteiger partial charge in [-0.2, -0.15) is 5.10 Å². The van der Waals surface area contributed by atoms with Crippen molar-refractivity contribution >= 4 is 18.2 Å². The van der Waals surface area contributed by atoms with Gasteiger partial charge < -0.3 is 15.2 Å². The van der Waals surface area contributed by atoms with Crippen molar-refractivity contribution in [2.24, 2.45) is 10.8 Å². The summed E-state index contributed by atoms with van der Waals surface area (Å²) in [6.07, 6.45) is 1.27. The first kappa shape index (κ1) is 15.5. The first-order chi connectivity index (χ1) is 9.47. The van der Waals surface area contributed by atoms with Crippen molar-refractivity contribution in [1.29, 1.82) is 0 Å². The topological polar surface area (TPSA) is 103 Å². The molecule has 0 atom stereocenters. The summed E-state index contributed by atoms with van der Waals surface area (Å²) < 4.78 is 10.2. The molecule has 0 saturated heterocycles. The molecule has 1 aromatic carbocycles. The summed E-state index contributed by atoms with van der Waals surface area (Å²) in [4.78, 5) is 21.7. The number of hydrogen-bond acceptors (Lipinski definition) is 5. The first-order valence-corrected chi connectivity index (χ1v) is 5.98. The van der Waals surface area contributed by atoms with Gasteiger partial charge in [-0.05, 0) is 43.7 Å². The Morgan fingerprint density at radius 2 is 2.00 bits per heavy atom. The van der Waals surface area contributed by atoms with Crippen molar-refractivity contribution in [2.75, 3.05) is 6.61 Å². The molecule has 7 nitrogen and oxygen atoms in total. The third-order valence-corrected chi connectivity index (χ3v) is 1.99. The molecule has 7 heteroatoms. The second-order valence-electron chi connectivity index (χ2n) is 4.13. The molecule has 0 saturated carbocycles. The van der Waals surface area contributed by atoms with Gasteiger partial charge in [-0.15, -0.1) is 0 Å². The molecule has 0 fully saturated rings. The van der Waals surface area contributed by atoms with E-state index in [0.29, 0.717) is 5.75 Å². The van der Waals surface area contributed by atoms with Gasteiger partial charge in [-0.25, -0.2) is 15.0 Å². The number of esters is 1. The third kappa shape index (κ3) is 6.39. The van der Waals surface area contributed by atoms with Crippen molar-refractivity contribution in [2.45, 2.75) is 20.0 Å². The second-order valence-corrected chi connectivity index (χ2v) is 4.13. The lowest BCUT2D eigenvalue weighted by molar-refractivity contribution is -0.149. The van der Waals surface area contributed by atoms with Crippen molar-refractivity contribution in [3.63, 3.8) is 0 Å². The van der Waals surface area contributed by atoms with Crippen LogP contribution >= 0.6 is 0 Å². The number of urea groups is 1. The molecule has 1 aromatic rings. The van der Waals surface area contributed by atoms with Gasteiger partial charge in [0.25, 0.3) is 0 Å². The van der Waals surface area contributed by atoms with Crippen LogP contribution in [0, 0.1) is 0 Å². The van der Waals surface area contributed by atoms with Crippen LogP contribution in [0.15, 0.2) is 29.4 Å². The van der Waals surface area contributed by atoms with E-state index in [0.717, 1.165) is 5.56 Å². The fraction of sp³-hybridized carbons (Fsp3) is 0.308. The lowest BCUT2D eigenvalue weighted by Gasteiger charge is -2.09. The fourth-order valence-corrected chi connectivity index (χ4v) is 1.26. The lowest BCUT2D eigenvalue weighted by atomic mass is 10.2. The fourth-order valence-electron chi connectivity index (χ4n) is 1.26. The Balaban J connectivity index is 2.44. The van der Waals surface area contributed by atoms with Gasteiger partial charge >= 0.3 is 12.0 Å². The molecule has 0 bridgehead atoms. The Bertz CT molecular complexity index is 483. The number of carbonyl (C=O) groups is 2. The quantitative estimate of drug-likeness (QED) is 0.461. The van der Waals surface area contributed by atoms with Gasteiger partial charge in [-0.1, -0.05) is 0 Å². The standard InChI is InChI=1S/C13H17N3O4/c1-9(2)20-12(17)8-19-11-5-3-10(4-6-11)7-15-16-13(14)18/h3-7,9H,8H2,1-2H3,(H3,14,16,18)/b15-7-. The van der Waals surface area contributed by atoms with Crippen LogP contribution in [0.3, 0.4) is 0 Å². The molecular weight excluding hydrogens is 262 g/mol. The van der Waals surface area contributed by atoms with E-state index < -0.39 is 12.0 Å². The molecule has 0 aliphatic rings. The molecule has 108 valence electrons. The summed E-state index contributed by atoms with van der Waals surface area (Å²) in [6, 6.07) is 6.05. The summed E-state index contributed by atoms with van der Waals surface area (Å²) in [7, 11) is 0. The summed E-state index contributed by atoms with van der Waals surface area (Å²) >= 11 is 0. The maximum absolute atomic E-state index is 11.3. The summed E-state index contributed by atoms with van der Waals surface area (Å²) in [5.74, 6) is 0.113. The van der Waals surface area contributed by atoms with E-state index in [1.165, 1.54) is 6.21 Å². The molecule has 0 unspecified atom stereocenters. The molecule has 0 aliphatic carbocycles. The zero-order valence-electron chi connectivity index (χ0n) is 11.3. The zero-order chi connectivity index (χ0) is 15.0. The minimum absolute atomic E-state index is 0.144. The Hall–Kier alpha value is -2.57. The molecule has 0 heterocycles. The summed E-state index contributed by atoms with van der Waals surface area (Å²) in [6.45, 7) is 3.40. The number of ether oxygens (including phenoxy) is 2. The number of nitrogens with zero attached hydrogens (tertiary/aromatic N) is 1. The summed E-state index contributed by atoms with van der Waals surface area (Å²) in [5.41, 5.74) is 7.68. The van der Waals surface area contributed by atoms with Crippen molar-refractivity contribution in [3.8, 4) is 5.75 Å². The summed E-state index contributed by atoms with van der Waals surface area (Å²) in [5, 5.41) is 3.61. The molecule has 0 aliphatic heterocycles. The minimum Gasteiger partial charge on any atom is -0.482 e. The van der Waals surface area contributed by atoms with Gasteiger partial charge in [0.15, 0.2) is 6.61 Å². The van der Waals surface area contributed by atoms with E-state index in [9.17, 15) is 9.59 Å². The smallest absolute Gasteiger partial charge is 0.344 e. The Labute approximate surface area is 116 Å². The Kier molecular flexibility index (Phi) is 6.02. The number of rotatable bonds is 6. The van der Waals surface area contributed by atoms with Crippen LogP contribution in [0.4, 0.5) is 4.79 Å². The van der Waals surface area contributed by atoms with Crippen molar-refractivity contribution in [1.82, 2.24) is 5.43 Å². The zero-order valence-corrected chi connectivity index (χ0v) is 11.3. The number of hydrogen-bond donors (Lipinski definition) is 2. The molecule has 0 aromatic heterocycles. The predicted octanol–water partition coefficient (Wildman–Crippen LogP) is 1.02. The Morgan fingerprint density at radius 1 is 1.35 bits per heavy atom. The monoisotopic (exact) mass is 279 g/mol. The highest BCUT2D eigenvalue weighted by atomic mass is 16.6. The van der Waals surface area contributed by atoms with Crippen molar-refractivity contribution in [3.05, 3.63) is 29.8 Å². The number of amides is 2. The van der Waals surface area contributed by atoms with E-state index in [1.54, 1.807) is 38.1 Å². The maximum Gasteiger partial charge on any atom is 0.344 e. The number of nitrogens with two attached hydrogens (primary N) is 1. The van der Waals surface area contributed by atoms with Gasteiger partial charge in [0, 0.05) is 0 Å². The maximum atomic E-state index is 11.3. The van der Waals surface area contributed by atoms with Crippen molar-refractivity contribution < 1.29 is 19.1 Å². The predicted molar refractivity (Wildman–Crippen MR) is 73.5 cm³/mol. The second kappa shape index (κ2) is 7.78. The van der Waals surface area contributed by atoms with Crippen LogP contribution in [0.25, 0.3) is 0 Å². The average molecular weight is 279 g/mol. The van der Waals surface area contributed by atoms with Crippen LogP contribution in [0.1, 0.15) is 19.4 Å². The van der Waals surface area contributed by atoms with Crippen LogP contribution in [-0.4, -0.2) is 30.9 Å². The number of nitrogens with one attached hydrogen (secondary N) is 1. The highest BCUT2D eigenvalue weighted by Crippen LogP contribution is 2.11. The Morgan fingerprint density at radius 3 is 2.55 bits per heavy atom. The highest BCUT2D eigenvalue weighted by molar-refractivity contribution is 5.81. The molecule has 2 amide bonds. The lowest BCUT2D eigenvalue weighted by Crippen LogP contribution is -2.24. The molecular formula is C13H17N3O4. The van der Waals surface area contributed by atoms with Gasteiger partial charge in [-0.3, -0.25) is 0 Å². The van der Waals surface area contributed by atoms with Crippen LogP contribution in [0.5, 0.6) is 5.75 Å². The largest absolute Gasteiger partial charge is 0.482 e. The van der Waals surface area contributed by atoms with E-state index in [4.69, 9.17) is 15.2 Å². The SMILES string of the molecule is CC(C)OC(=O)COc1ccc(/C=N\NC(N)=O)cc1. The molecule has 0 spiro atoms.